The summed E-state index contributed by atoms with van der Waals surface area (Å²) < 4.78 is 18.5. The Balaban J connectivity index is 2.36. The zero-order chi connectivity index (χ0) is 12.0. The van der Waals surface area contributed by atoms with Crippen molar-refractivity contribution in [1.82, 2.24) is 0 Å². The van der Waals surface area contributed by atoms with Gasteiger partial charge in [-0.2, -0.15) is 0 Å². The molecule has 0 aliphatic carbocycles. The predicted octanol–water partition coefficient (Wildman–Crippen LogP) is 4.01. The highest BCUT2D eigenvalue weighted by molar-refractivity contribution is 5.27. The molecule has 1 aromatic rings. The molecule has 0 N–H and O–H groups in total. The predicted molar refractivity (Wildman–Crippen MR) is 65.7 cm³/mol. The molecule has 0 heterocycles. The number of halogens is 1. The first kappa shape index (κ1) is 13.0. The zero-order valence-electron chi connectivity index (χ0n) is 10.4. The van der Waals surface area contributed by atoms with Crippen LogP contribution in [0.5, 0.6) is 5.75 Å². The monoisotopic (exact) mass is 224 g/mol. The normalized spacial score (nSPS) is 12.8. The molecule has 1 rings (SSSR count). The van der Waals surface area contributed by atoms with Gasteiger partial charge in [-0.1, -0.05) is 26.0 Å². The van der Waals surface area contributed by atoms with Crippen LogP contribution in [0.1, 0.15) is 32.3 Å². The molecule has 1 nitrogen and oxygen atoms in total. The fourth-order valence-electron chi connectivity index (χ4n) is 1.74. The third-order valence-electron chi connectivity index (χ3n) is 2.63. The van der Waals surface area contributed by atoms with E-state index in [1.54, 1.807) is 7.11 Å². The molecule has 0 radical (unpaired) electrons. The number of hydrogen-bond acceptors (Lipinski definition) is 1. The van der Waals surface area contributed by atoms with E-state index in [0.29, 0.717) is 18.8 Å². The van der Waals surface area contributed by atoms with Crippen LogP contribution in [-0.4, -0.2) is 13.3 Å². The maximum atomic E-state index is 13.5. The third-order valence-corrected chi connectivity index (χ3v) is 2.63. The Morgan fingerprint density at radius 2 is 1.81 bits per heavy atom. The summed E-state index contributed by atoms with van der Waals surface area (Å²) in [6, 6.07) is 7.85. The SMILES string of the molecule is COc1ccc(CCC(F)CC(C)C)cc1. The van der Waals surface area contributed by atoms with Crippen LogP contribution in [0, 0.1) is 5.92 Å². The number of rotatable bonds is 6. The zero-order valence-corrected chi connectivity index (χ0v) is 10.4. The van der Waals surface area contributed by atoms with Crippen molar-refractivity contribution in [2.24, 2.45) is 5.92 Å². The minimum absolute atomic E-state index is 0.436. The molecule has 90 valence electrons. The largest absolute Gasteiger partial charge is 0.497 e. The van der Waals surface area contributed by atoms with E-state index in [0.717, 1.165) is 12.2 Å². The average Bonchev–Trinajstić information content (AvgIpc) is 2.26. The summed E-state index contributed by atoms with van der Waals surface area (Å²) in [6.07, 6.45) is 1.40. The standard InChI is InChI=1S/C14H21FO/c1-11(2)10-13(15)7-4-12-5-8-14(16-3)9-6-12/h5-6,8-9,11,13H,4,7,10H2,1-3H3. The van der Waals surface area contributed by atoms with Crippen LogP contribution in [0.2, 0.25) is 0 Å². The summed E-state index contributed by atoms with van der Waals surface area (Å²) in [5, 5.41) is 0. The Morgan fingerprint density at radius 1 is 1.19 bits per heavy atom. The molecule has 0 saturated heterocycles. The summed E-state index contributed by atoms with van der Waals surface area (Å²) in [5.41, 5.74) is 1.17. The quantitative estimate of drug-likeness (QED) is 0.709. The second kappa shape index (κ2) is 6.51. The van der Waals surface area contributed by atoms with Gasteiger partial charge in [-0.25, -0.2) is 4.39 Å². The Kier molecular flexibility index (Phi) is 5.30. The Bertz CT molecular complexity index is 292. The van der Waals surface area contributed by atoms with Gasteiger partial charge in [0, 0.05) is 0 Å². The van der Waals surface area contributed by atoms with E-state index in [9.17, 15) is 4.39 Å². The molecule has 0 aromatic heterocycles. The smallest absolute Gasteiger partial charge is 0.118 e. The van der Waals surface area contributed by atoms with Gasteiger partial charge in [-0.05, 0) is 42.9 Å². The lowest BCUT2D eigenvalue weighted by Crippen LogP contribution is -2.06. The van der Waals surface area contributed by atoms with Crippen LogP contribution in [0.15, 0.2) is 24.3 Å². The lowest BCUT2D eigenvalue weighted by Gasteiger charge is -2.10. The number of methoxy groups -OCH3 is 1. The van der Waals surface area contributed by atoms with Gasteiger partial charge < -0.3 is 4.74 Å². The van der Waals surface area contributed by atoms with Gasteiger partial charge in [0.25, 0.3) is 0 Å². The van der Waals surface area contributed by atoms with E-state index in [1.807, 2.05) is 24.3 Å². The van der Waals surface area contributed by atoms with Crippen LogP contribution in [0.25, 0.3) is 0 Å². The highest BCUT2D eigenvalue weighted by atomic mass is 19.1. The van der Waals surface area contributed by atoms with Crippen molar-refractivity contribution in [3.05, 3.63) is 29.8 Å². The molecule has 2 heteroatoms. The van der Waals surface area contributed by atoms with Gasteiger partial charge in [0.1, 0.15) is 11.9 Å². The lowest BCUT2D eigenvalue weighted by molar-refractivity contribution is 0.267. The van der Waals surface area contributed by atoms with E-state index in [2.05, 4.69) is 13.8 Å². The number of alkyl halides is 1. The van der Waals surface area contributed by atoms with Gasteiger partial charge in [-0.3, -0.25) is 0 Å². The van der Waals surface area contributed by atoms with Gasteiger partial charge in [0.2, 0.25) is 0 Å². The number of aryl methyl sites for hydroxylation is 1. The first-order valence-corrected chi connectivity index (χ1v) is 5.88. The Labute approximate surface area is 97.6 Å². The molecule has 0 spiro atoms. The maximum Gasteiger partial charge on any atom is 0.118 e. The van der Waals surface area contributed by atoms with E-state index in [1.165, 1.54) is 5.56 Å². The average molecular weight is 224 g/mol. The third kappa shape index (κ3) is 4.65. The second-order valence-electron chi connectivity index (χ2n) is 4.61. The van der Waals surface area contributed by atoms with Crippen LogP contribution in [0.3, 0.4) is 0 Å². The highest BCUT2D eigenvalue weighted by Crippen LogP contribution is 2.17. The van der Waals surface area contributed by atoms with Gasteiger partial charge in [0.05, 0.1) is 7.11 Å². The van der Waals surface area contributed by atoms with Crippen molar-refractivity contribution >= 4 is 0 Å². The fourth-order valence-corrected chi connectivity index (χ4v) is 1.74. The molecule has 16 heavy (non-hydrogen) atoms. The first-order valence-electron chi connectivity index (χ1n) is 5.88. The van der Waals surface area contributed by atoms with Crippen molar-refractivity contribution in [2.45, 2.75) is 39.3 Å². The molecule has 1 atom stereocenters. The van der Waals surface area contributed by atoms with Crippen molar-refractivity contribution in [3.63, 3.8) is 0 Å². The van der Waals surface area contributed by atoms with E-state index < -0.39 is 6.17 Å². The fraction of sp³-hybridized carbons (Fsp3) is 0.571. The van der Waals surface area contributed by atoms with E-state index in [-0.39, 0.29) is 0 Å². The Hall–Kier alpha value is -1.05. The van der Waals surface area contributed by atoms with Crippen molar-refractivity contribution in [2.75, 3.05) is 7.11 Å². The Morgan fingerprint density at radius 3 is 2.31 bits per heavy atom. The molecular formula is C14H21FO. The number of hydrogen-bond donors (Lipinski definition) is 0. The summed E-state index contributed by atoms with van der Waals surface area (Å²) in [4.78, 5) is 0. The first-order chi connectivity index (χ1) is 7.61. The highest BCUT2D eigenvalue weighted by Gasteiger charge is 2.08. The molecule has 0 fully saturated rings. The molecule has 0 aliphatic rings. The maximum absolute atomic E-state index is 13.5. The molecule has 0 bridgehead atoms. The number of benzene rings is 1. The van der Waals surface area contributed by atoms with E-state index >= 15 is 0 Å². The van der Waals surface area contributed by atoms with Crippen molar-refractivity contribution in [1.29, 1.82) is 0 Å². The molecule has 0 amide bonds. The minimum atomic E-state index is -0.679. The lowest BCUT2D eigenvalue weighted by atomic mass is 10.0. The van der Waals surface area contributed by atoms with E-state index in [4.69, 9.17) is 4.74 Å². The molecule has 1 aromatic carbocycles. The summed E-state index contributed by atoms with van der Waals surface area (Å²) in [5.74, 6) is 1.29. The molecule has 0 aliphatic heterocycles. The van der Waals surface area contributed by atoms with Crippen LogP contribution < -0.4 is 4.74 Å². The summed E-state index contributed by atoms with van der Waals surface area (Å²) in [6.45, 7) is 4.11. The second-order valence-corrected chi connectivity index (χ2v) is 4.61. The summed E-state index contributed by atoms with van der Waals surface area (Å²) in [7, 11) is 1.65. The van der Waals surface area contributed by atoms with Crippen molar-refractivity contribution in [3.8, 4) is 5.75 Å². The van der Waals surface area contributed by atoms with Crippen molar-refractivity contribution < 1.29 is 9.13 Å². The summed E-state index contributed by atoms with van der Waals surface area (Å²) >= 11 is 0. The number of ether oxygens (including phenoxy) is 1. The van der Waals surface area contributed by atoms with Crippen LogP contribution >= 0.6 is 0 Å². The molecular weight excluding hydrogens is 203 g/mol. The van der Waals surface area contributed by atoms with Gasteiger partial charge in [0.15, 0.2) is 0 Å². The van der Waals surface area contributed by atoms with Crippen LogP contribution in [0.4, 0.5) is 4.39 Å². The van der Waals surface area contributed by atoms with Crippen LogP contribution in [-0.2, 0) is 6.42 Å². The van der Waals surface area contributed by atoms with Gasteiger partial charge >= 0.3 is 0 Å². The molecule has 0 saturated carbocycles. The minimum Gasteiger partial charge on any atom is -0.497 e. The molecule has 1 unspecified atom stereocenters. The van der Waals surface area contributed by atoms with Gasteiger partial charge in [-0.15, -0.1) is 0 Å². The topological polar surface area (TPSA) is 9.23 Å².